The Morgan fingerprint density at radius 1 is 0.360 bits per heavy atom. The lowest BCUT2D eigenvalue weighted by atomic mass is 9.90. The number of hydrogen-bond acceptors (Lipinski definition) is 2. The van der Waals surface area contributed by atoms with E-state index in [1.807, 2.05) is 0 Å². The highest BCUT2D eigenvalue weighted by molar-refractivity contribution is 5.83. The van der Waals surface area contributed by atoms with Gasteiger partial charge in [0.25, 0.3) is 0 Å². The Hall–Kier alpha value is -6.26. The summed E-state index contributed by atoms with van der Waals surface area (Å²) in [6.07, 6.45) is 3.63. The Kier molecular flexibility index (Phi) is 7.75. The van der Waals surface area contributed by atoms with Crippen molar-refractivity contribution >= 4 is 0 Å². The molecule has 4 heteroatoms. The van der Waals surface area contributed by atoms with E-state index in [1.54, 1.807) is 0 Å². The summed E-state index contributed by atoms with van der Waals surface area (Å²) < 4.78 is 0. The average molecular weight is 645 g/mol. The SMILES string of the molecule is c1ccc(-c2nc(-c3cc4ccc3CCc3ccc(cc3-c3nc(-c5ccccc5)c(-c5ccccc5)[nH]3)CC4)[nH]c2-c2ccccc2)cc1. The van der Waals surface area contributed by atoms with Gasteiger partial charge < -0.3 is 9.97 Å². The second kappa shape index (κ2) is 13.0. The van der Waals surface area contributed by atoms with Gasteiger partial charge in [0.2, 0.25) is 0 Å². The summed E-state index contributed by atoms with van der Waals surface area (Å²) >= 11 is 0. The Morgan fingerprint density at radius 3 is 1.10 bits per heavy atom. The smallest absolute Gasteiger partial charge is 0.138 e. The summed E-state index contributed by atoms with van der Waals surface area (Å²) in [7, 11) is 0. The predicted molar refractivity (Wildman–Crippen MR) is 205 cm³/mol. The molecule has 4 nitrogen and oxygen atoms in total. The maximum absolute atomic E-state index is 5.30. The third-order valence-corrected chi connectivity index (χ3v) is 9.85. The Bertz CT molecular complexity index is 2120. The van der Waals surface area contributed by atoms with E-state index in [1.165, 1.54) is 33.4 Å². The fourth-order valence-corrected chi connectivity index (χ4v) is 7.23. The highest BCUT2D eigenvalue weighted by Crippen LogP contribution is 2.37. The highest BCUT2D eigenvalue weighted by Gasteiger charge is 2.21. The van der Waals surface area contributed by atoms with Crippen LogP contribution in [0.5, 0.6) is 0 Å². The van der Waals surface area contributed by atoms with E-state index < -0.39 is 0 Å². The molecule has 12 rings (SSSR count). The first-order chi connectivity index (χ1) is 24.8. The van der Waals surface area contributed by atoms with Crippen molar-refractivity contribution in [3.05, 3.63) is 180 Å². The predicted octanol–water partition coefficient (Wildman–Crippen LogP) is 11.0. The summed E-state index contributed by atoms with van der Waals surface area (Å²) in [5.41, 5.74) is 16.0. The monoisotopic (exact) mass is 644 g/mol. The van der Waals surface area contributed by atoms with E-state index in [0.717, 1.165) is 82.4 Å². The van der Waals surface area contributed by atoms with Crippen LogP contribution in [0.1, 0.15) is 22.3 Å². The number of aromatic amines is 2. The van der Waals surface area contributed by atoms with E-state index in [-0.39, 0.29) is 0 Å². The van der Waals surface area contributed by atoms with Crippen molar-refractivity contribution in [1.82, 2.24) is 19.9 Å². The minimum atomic E-state index is 0.877. The van der Waals surface area contributed by atoms with Gasteiger partial charge in [-0.2, -0.15) is 0 Å². The number of nitrogens with zero attached hydrogens (tertiary/aromatic N) is 2. The van der Waals surface area contributed by atoms with Crippen LogP contribution in [0.3, 0.4) is 0 Å². The molecule has 0 saturated carbocycles. The lowest BCUT2D eigenvalue weighted by Crippen LogP contribution is -2.03. The second-order valence-electron chi connectivity index (χ2n) is 13.1. The van der Waals surface area contributed by atoms with Gasteiger partial charge in [-0.25, -0.2) is 9.97 Å². The molecule has 4 aliphatic rings. The molecule has 0 spiro atoms. The zero-order valence-corrected chi connectivity index (χ0v) is 27.7. The third kappa shape index (κ3) is 5.75. The largest absolute Gasteiger partial charge is 0.337 e. The van der Waals surface area contributed by atoms with Crippen molar-refractivity contribution < 1.29 is 0 Å². The summed E-state index contributed by atoms with van der Waals surface area (Å²) in [6.45, 7) is 0. The van der Waals surface area contributed by atoms with Crippen LogP contribution in [0, 0.1) is 0 Å². The average Bonchev–Trinajstić information content (AvgIpc) is 3.83. The van der Waals surface area contributed by atoms with E-state index in [9.17, 15) is 0 Å². The molecule has 2 N–H and O–H groups in total. The van der Waals surface area contributed by atoms with Gasteiger partial charge in [0.1, 0.15) is 11.6 Å². The maximum Gasteiger partial charge on any atom is 0.138 e. The van der Waals surface area contributed by atoms with Crippen molar-refractivity contribution in [3.63, 3.8) is 0 Å². The quantitative estimate of drug-likeness (QED) is 0.189. The maximum atomic E-state index is 5.30. The highest BCUT2D eigenvalue weighted by atomic mass is 14.9. The lowest BCUT2D eigenvalue weighted by molar-refractivity contribution is 0.921. The molecule has 0 saturated heterocycles. The minimum Gasteiger partial charge on any atom is -0.337 e. The van der Waals surface area contributed by atoms with Gasteiger partial charge in [0.15, 0.2) is 0 Å². The van der Waals surface area contributed by atoms with Crippen LogP contribution >= 0.6 is 0 Å². The van der Waals surface area contributed by atoms with Gasteiger partial charge in [-0.15, -0.1) is 0 Å². The number of benzene rings is 6. The number of imidazole rings is 2. The number of rotatable bonds is 6. The van der Waals surface area contributed by atoms with Gasteiger partial charge in [0, 0.05) is 33.4 Å². The van der Waals surface area contributed by atoms with Crippen molar-refractivity contribution in [1.29, 1.82) is 0 Å². The Labute approximate surface area is 292 Å². The first kappa shape index (κ1) is 29.8. The van der Waals surface area contributed by atoms with E-state index >= 15 is 0 Å². The number of aromatic nitrogens is 4. The van der Waals surface area contributed by atoms with Gasteiger partial charge in [-0.3, -0.25) is 0 Å². The number of aryl methyl sites for hydroxylation is 4. The zero-order chi connectivity index (χ0) is 33.3. The fourth-order valence-electron chi connectivity index (χ4n) is 7.23. The molecule has 4 aliphatic carbocycles. The Morgan fingerprint density at radius 2 is 0.720 bits per heavy atom. The van der Waals surface area contributed by atoms with Gasteiger partial charge in [-0.05, 0) is 60.1 Å². The molecule has 0 amide bonds. The molecule has 6 aromatic carbocycles. The van der Waals surface area contributed by atoms with Crippen molar-refractivity contribution in [2.45, 2.75) is 25.7 Å². The van der Waals surface area contributed by atoms with Crippen LogP contribution in [0.15, 0.2) is 158 Å². The molecule has 4 bridgehead atoms. The topological polar surface area (TPSA) is 57.4 Å². The molecule has 240 valence electrons. The molecular weight excluding hydrogens is 609 g/mol. The normalized spacial score (nSPS) is 12.5. The minimum absolute atomic E-state index is 0.877. The van der Waals surface area contributed by atoms with Crippen LogP contribution in [-0.2, 0) is 25.7 Å². The fraction of sp³-hybridized carbons (Fsp3) is 0.0870. The number of hydrogen-bond donors (Lipinski definition) is 2. The van der Waals surface area contributed by atoms with Gasteiger partial charge in [0.05, 0.1) is 22.8 Å². The van der Waals surface area contributed by atoms with E-state index in [2.05, 4.69) is 168 Å². The van der Waals surface area contributed by atoms with Crippen LogP contribution in [0.2, 0.25) is 0 Å². The van der Waals surface area contributed by atoms with Crippen LogP contribution in [-0.4, -0.2) is 19.9 Å². The van der Waals surface area contributed by atoms with E-state index in [4.69, 9.17) is 9.97 Å². The molecule has 8 aromatic rings. The molecule has 0 aliphatic heterocycles. The van der Waals surface area contributed by atoms with Crippen molar-refractivity contribution in [3.8, 4) is 67.8 Å². The van der Waals surface area contributed by atoms with Crippen molar-refractivity contribution in [2.24, 2.45) is 0 Å². The summed E-state index contributed by atoms with van der Waals surface area (Å²) in [4.78, 5) is 18.2. The molecule has 0 atom stereocenters. The van der Waals surface area contributed by atoms with Crippen molar-refractivity contribution in [2.75, 3.05) is 0 Å². The second-order valence-corrected chi connectivity index (χ2v) is 13.1. The van der Waals surface area contributed by atoms with Crippen LogP contribution in [0.25, 0.3) is 67.8 Å². The molecule has 0 fully saturated rings. The molecule has 50 heavy (non-hydrogen) atoms. The van der Waals surface area contributed by atoms with Crippen LogP contribution in [0.4, 0.5) is 0 Å². The van der Waals surface area contributed by atoms with E-state index in [0.29, 0.717) is 0 Å². The third-order valence-electron chi connectivity index (χ3n) is 9.85. The summed E-state index contributed by atoms with van der Waals surface area (Å²) in [5, 5.41) is 0. The summed E-state index contributed by atoms with van der Waals surface area (Å²) in [6, 6.07) is 56.0. The number of H-pyrrole nitrogens is 2. The first-order valence-electron chi connectivity index (χ1n) is 17.4. The lowest BCUT2D eigenvalue weighted by Gasteiger charge is -2.16. The van der Waals surface area contributed by atoms with Gasteiger partial charge in [-0.1, -0.05) is 146 Å². The first-order valence-corrected chi connectivity index (χ1v) is 17.4. The molecule has 2 heterocycles. The molecule has 0 unspecified atom stereocenters. The molecule has 2 aromatic heterocycles. The molecule has 0 radical (unpaired) electrons. The standard InChI is InChI=1S/C46H36N4/c1-5-13-35(14-6-1)41-42(36-15-7-2-8-16-36)48-45(47-41)39-29-31-21-22-32-24-26-34(28-27-33(39)25-23-31)40(30-32)46-49-43(37-17-9-3-10-18-37)44(50-46)38-19-11-4-12-20-38/h1-20,23-26,29-30H,21-22,27-28H2,(H,47,48)(H,49,50). The Balaban J connectivity index is 1.13. The van der Waals surface area contributed by atoms with Crippen LogP contribution < -0.4 is 0 Å². The number of nitrogens with one attached hydrogen (secondary N) is 2. The molecular formula is C46H36N4. The van der Waals surface area contributed by atoms with Gasteiger partial charge >= 0.3 is 0 Å². The zero-order valence-electron chi connectivity index (χ0n) is 27.7. The summed E-state index contributed by atoms with van der Waals surface area (Å²) in [5.74, 6) is 1.83.